The van der Waals surface area contributed by atoms with Crippen molar-refractivity contribution in [1.82, 2.24) is 10.2 Å². The summed E-state index contributed by atoms with van der Waals surface area (Å²) in [5, 5.41) is 12.5. The lowest BCUT2D eigenvalue weighted by Crippen LogP contribution is -2.45. The first kappa shape index (κ1) is 14.0. The topological polar surface area (TPSA) is 39.1 Å². The zero-order valence-corrected chi connectivity index (χ0v) is 12.2. The van der Waals surface area contributed by atoms with Crippen molar-refractivity contribution in [3.63, 3.8) is 0 Å². The highest BCUT2D eigenvalue weighted by molar-refractivity contribution is 5.40. The van der Waals surface area contributed by atoms with Crippen LogP contribution >= 0.6 is 0 Å². The molecule has 1 fully saturated rings. The Balaban J connectivity index is 2.36. The summed E-state index contributed by atoms with van der Waals surface area (Å²) in [6, 6.07) is 7.08. The van der Waals surface area contributed by atoms with Gasteiger partial charge in [-0.3, -0.25) is 4.90 Å². The van der Waals surface area contributed by atoms with Gasteiger partial charge in [0.25, 0.3) is 0 Å². The second kappa shape index (κ2) is 6.18. The van der Waals surface area contributed by atoms with Gasteiger partial charge in [0, 0.05) is 32.2 Å². The lowest BCUT2D eigenvalue weighted by atomic mass is 9.91. The molecule has 19 heavy (non-hydrogen) atoms. The zero-order valence-electron chi connectivity index (χ0n) is 12.2. The third kappa shape index (κ3) is 3.15. The lowest BCUT2D eigenvalue weighted by molar-refractivity contribution is 0.174. The maximum absolute atomic E-state index is 9.17. The van der Waals surface area contributed by atoms with Crippen molar-refractivity contribution in [2.24, 2.45) is 0 Å². The number of rotatable bonds is 3. The van der Waals surface area contributed by atoms with Gasteiger partial charge in [0.2, 0.25) is 0 Å². The quantitative estimate of drug-likeness (QED) is 0.904. The molecule has 1 N–H and O–H groups in total. The molecule has 1 saturated heterocycles. The molecule has 0 amide bonds. The van der Waals surface area contributed by atoms with E-state index in [-0.39, 0.29) is 6.04 Å². The largest absolute Gasteiger partial charge is 0.314 e. The van der Waals surface area contributed by atoms with E-state index in [9.17, 15) is 5.26 Å². The highest BCUT2D eigenvalue weighted by Crippen LogP contribution is 2.30. The van der Waals surface area contributed by atoms with Crippen LogP contribution in [-0.4, -0.2) is 31.1 Å². The van der Waals surface area contributed by atoms with Crippen LogP contribution in [0.1, 0.15) is 34.7 Å². The van der Waals surface area contributed by atoms with Crippen LogP contribution in [-0.2, 0) is 0 Å². The summed E-state index contributed by atoms with van der Waals surface area (Å²) < 4.78 is 0. The van der Waals surface area contributed by atoms with Gasteiger partial charge >= 0.3 is 0 Å². The molecule has 0 bridgehead atoms. The van der Waals surface area contributed by atoms with Gasteiger partial charge in [-0.05, 0) is 37.5 Å². The molecule has 0 saturated carbocycles. The standard InChI is InChI=1S/C16H23N3/c1-12-10-13(2)16(14(3)11-12)15(4-5-17)19-8-6-18-7-9-19/h10-11,15,18H,4,6-9H2,1-3H3/t15-/m0/s1. The normalized spacial score (nSPS) is 18.0. The molecule has 1 aromatic rings. The SMILES string of the molecule is Cc1cc(C)c([C@H](CC#N)N2CCNCC2)c(C)c1. The monoisotopic (exact) mass is 257 g/mol. The molecule has 0 aliphatic carbocycles. The highest BCUT2D eigenvalue weighted by Gasteiger charge is 2.24. The van der Waals surface area contributed by atoms with Crippen molar-refractivity contribution < 1.29 is 0 Å². The molecule has 1 aromatic carbocycles. The third-order valence-electron chi connectivity index (χ3n) is 3.95. The van der Waals surface area contributed by atoms with Gasteiger partial charge in [-0.25, -0.2) is 0 Å². The third-order valence-corrected chi connectivity index (χ3v) is 3.95. The number of hydrogen-bond donors (Lipinski definition) is 1. The van der Waals surface area contributed by atoms with Crippen LogP contribution in [0.5, 0.6) is 0 Å². The van der Waals surface area contributed by atoms with Crippen LogP contribution in [0.2, 0.25) is 0 Å². The molecule has 0 aromatic heterocycles. The van der Waals surface area contributed by atoms with E-state index in [1.807, 2.05) is 0 Å². The summed E-state index contributed by atoms with van der Waals surface area (Å²) in [7, 11) is 0. The average molecular weight is 257 g/mol. The second-order valence-corrected chi connectivity index (χ2v) is 5.48. The smallest absolute Gasteiger partial charge is 0.0641 e. The average Bonchev–Trinajstić information content (AvgIpc) is 2.37. The number of hydrogen-bond acceptors (Lipinski definition) is 3. The second-order valence-electron chi connectivity index (χ2n) is 5.48. The first-order chi connectivity index (χ1) is 9.13. The summed E-state index contributed by atoms with van der Waals surface area (Å²) in [6.07, 6.45) is 0.574. The van der Waals surface area contributed by atoms with Crippen LogP contribution in [0.4, 0.5) is 0 Å². The number of nitriles is 1. The van der Waals surface area contributed by atoms with Crippen molar-refractivity contribution in [3.05, 3.63) is 34.4 Å². The molecule has 3 heteroatoms. The van der Waals surface area contributed by atoms with Crippen molar-refractivity contribution in [2.45, 2.75) is 33.2 Å². The molecule has 1 aliphatic heterocycles. The Kier molecular flexibility index (Phi) is 4.57. The van der Waals surface area contributed by atoms with E-state index in [0.717, 1.165) is 26.2 Å². The number of piperazine rings is 1. The van der Waals surface area contributed by atoms with Crippen LogP contribution in [0.15, 0.2) is 12.1 Å². The van der Waals surface area contributed by atoms with E-state index in [4.69, 9.17) is 0 Å². The fourth-order valence-corrected chi connectivity index (χ4v) is 3.21. The maximum atomic E-state index is 9.17. The van der Waals surface area contributed by atoms with Crippen LogP contribution in [0.25, 0.3) is 0 Å². The van der Waals surface area contributed by atoms with Crippen molar-refractivity contribution in [1.29, 1.82) is 5.26 Å². The van der Waals surface area contributed by atoms with Gasteiger partial charge in [0.15, 0.2) is 0 Å². The van der Waals surface area contributed by atoms with E-state index in [2.05, 4.69) is 49.2 Å². The lowest BCUT2D eigenvalue weighted by Gasteiger charge is -2.35. The minimum absolute atomic E-state index is 0.243. The Morgan fingerprint density at radius 2 is 1.79 bits per heavy atom. The Labute approximate surface area is 116 Å². The number of aryl methyl sites for hydroxylation is 3. The van der Waals surface area contributed by atoms with Gasteiger partial charge < -0.3 is 5.32 Å². The maximum Gasteiger partial charge on any atom is 0.0641 e. The minimum atomic E-state index is 0.243. The van der Waals surface area contributed by atoms with Crippen molar-refractivity contribution in [3.8, 4) is 6.07 Å². The molecule has 0 radical (unpaired) electrons. The predicted molar refractivity (Wildman–Crippen MR) is 78.1 cm³/mol. The molecule has 3 nitrogen and oxygen atoms in total. The van der Waals surface area contributed by atoms with Crippen LogP contribution in [0, 0.1) is 32.1 Å². The molecule has 2 rings (SSSR count). The Hall–Kier alpha value is -1.37. The van der Waals surface area contributed by atoms with Crippen LogP contribution < -0.4 is 5.32 Å². The first-order valence-electron chi connectivity index (χ1n) is 7.03. The Morgan fingerprint density at radius 3 is 2.32 bits per heavy atom. The Morgan fingerprint density at radius 1 is 1.21 bits per heavy atom. The fraction of sp³-hybridized carbons (Fsp3) is 0.562. The molecule has 102 valence electrons. The number of nitrogens with one attached hydrogen (secondary N) is 1. The summed E-state index contributed by atoms with van der Waals surface area (Å²) in [4.78, 5) is 2.45. The van der Waals surface area contributed by atoms with E-state index < -0.39 is 0 Å². The van der Waals surface area contributed by atoms with E-state index in [0.29, 0.717) is 6.42 Å². The van der Waals surface area contributed by atoms with Gasteiger partial charge in [0.1, 0.15) is 0 Å². The van der Waals surface area contributed by atoms with Crippen molar-refractivity contribution >= 4 is 0 Å². The highest BCUT2D eigenvalue weighted by atomic mass is 15.2. The van der Waals surface area contributed by atoms with E-state index >= 15 is 0 Å². The van der Waals surface area contributed by atoms with E-state index in [1.165, 1.54) is 22.3 Å². The minimum Gasteiger partial charge on any atom is -0.314 e. The molecular formula is C16H23N3. The predicted octanol–water partition coefficient (Wildman–Crippen LogP) is 2.47. The van der Waals surface area contributed by atoms with Gasteiger partial charge in [-0.1, -0.05) is 17.7 Å². The van der Waals surface area contributed by atoms with Gasteiger partial charge in [-0.2, -0.15) is 5.26 Å². The zero-order chi connectivity index (χ0) is 13.8. The van der Waals surface area contributed by atoms with Crippen molar-refractivity contribution in [2.75, 3.05) is 26.2 Å². The van der Waals surface area contributed by atoms with E-state index in [1.54, 1.807) is 0 Å². The molecule has 0 unspecified atom stereocenters. The summed E-state index contributed by atoms with van der Waals surface area (Å²) in [5.41, 5.74) is 5.29. The Bertz CT molecular complexity index is 458. The van der Waals surface area contributed by atoms with Gasteiger partial charge in [-0.15, -0.1) is 0 Å². The molecule has 1 heterocycles. The van der Waals surface area contributed by atoms with Crippen LogP contribution in [0.3, 0.4) is 0 Å². The molecule has 1 atom stereocenters. The molecule has 0 spiro atoms. The first-order valence-corrected chi connectivity index (χ1v) is 7.03. The number of benzene rings is 1. The fourth-order valence-electron chi connectivity index (χ4n) is 3.21. The summed E-state index contributed by atoms with van der Waals surface area (Å²) in [6.45, 7) is 10.6. The van der Waals surface area contributed by atoms with Gasteiger partial charge in [0.05, 0.1) is 12.5 Å². The summed E-state index contributed by atoms with van der Waals surface area (Å²) >= 11 is 0. The molecule has 1 aliphatic rings. The number of nitrogens with zero attached hydrogens (tertiary/aromatic N) is 2. The summed E-state index contributed by atoms with van der Waals surface area (Å²) in [5.74, 6) is 0. The molecular weight excluding hydrogens is 234 g/mol.